The first kappa shape index (κ1) is 14.6. The first-order valence-electron chi connectivity index (χ1n) is 6.62. The van der Waals surface area contributed by atoms with E-state index < -0.39 is 0 Å². The zero-order chi connectivity index (χ0) is 15.2. The Morgan fingerprint density at radius 3 is 2.81 bits per heavy atom. The van der Waals surface area contributed by atoms with Gasteiger partial charge in [-0.2, -0.15) is 0 Å². The molecule has 0 atom stereocenters. The van der Waals surface area contributed by atoms with Gasteiger partial charge in [-0.3, -0.25) is 10.2 Å². The first-order chi connectivity index (χ1) is 10.1. The van der Waals surface area contributed by atoms with Gasteiger partial charge in [0.15, 0.2) is 5.96 Å². The van der Waals surface area contributed by atoms with Crippen molar-refractivity contribution in [3.8, 4) is 0 Å². The van der Waals surface area contributed by atoms with Gasteiger partial charge in [-0.1, -0.05) is 31.2 Å². The predicted octanol–water partition coefficient (Wildman–Crippen LogP) is 2.61. The van der Waals surface area contributed by atoms with Crippen LogP contribution in [-0.4, -0.2) is 11.9 Å². The highest BCUT2D eigenvalue weighted by Gasteiger charge is 2.09. The summed E-state index contributed by atoms with van der Waals surface area (Å²) < 4.78 is 0. The molecule has 0 saturated heterocycles. The Hall–Kier alpha value is -2.82. The normalized spacial score (nSPS) is 9.95. The van der Waals surface area contributed by atoms with Gasteiger partial charge < -0.3 is 16.4 Å². The van der Waals surface area contributed by atoms with E-state index in [2.05, 4.69) is 16.7 Å². The van der Waals surface area contributed by atoms with Crippen LogP contribution in [0.15, 0.2) is 42.5 Å². The molecule has 0 saturated carbocycles. The van der Waals surface area contributed by atoms with Crippen molar-refractivity contribution in [1.29, 1.82) is 5.41 Å². The SMILES string of the molecule is CCc1ccc[c]c1NC(=O)c1cccc(NC(=N)N)c1. The highest BCUT2D eigenvalue weighted by molar-refractivity contribution is 6.05. The molecule has 21 heavy (non-hydrogen) atoms. The number of amides is 1. The minimum absolute atomic E-state index is 0.169. The molecule has 1 radical (unpaired) electrons. The molecule has 0 aliphatic rings. The van der Waals surface area contributed by atoms with Crippen LogP contribution in [0.5, 0.6) is 0 Å². The van der Waals surface area contributed by atoms with Gasteiger partial charge in [-0.15, -0.1) is 0 Å². The molecule has 5 N–H and O–H groups in total. The zero-order valence-corrected chi connectivity index (χ0v) is 11.7. The Labute approximate surface area is 123 Å². The molecular formula is C16H17N4O. The van der Waals surface area contributed by atoms with E-state index in [1.807, 2.05) is 19.1 Å². The number of benzene rings is 2. The third-order valence-electron chi connectivity index (χ3n) is 2.97. The van der Waals surface area contributed by atoms with Gasteiger partial charge in [0.25, 0.3) is 5.91 Å². The number of para-hydroxylation sites is 1. The van der Waals surface area contributed by atoms with Crippen molar-refractivity contribution in [1.82, 2.24) is 0 Å². The number of hydrogen-bond donors (Lipinski definition) is 4. The lowest BCUT2D eigenvalue weighted by molar-refractivity contribution is 0.102. The Balaban J connectivity index is 2.18. The summed E-state index contributed by atoms with van der Waals surface area (Å²) in [4.78, 5) is 12.3. The van der Waals surface area contributed by atoms with Gasteiger partial charge in [-0.05, 0) is 30.2 Å². The Morgan fingerprint density at radius 2 is 2.10 bits per heavy atom. The third kappa shape index (κ3) is 3.82. The lowest BCUT2D eigenvalue weighted by Gasteiger charge is -2.10. The van der Waals surface area contributed by atoms with E-state index in [4.69, 9.17) is 11.1 Å². The second-order valence-corrected chi connectivity index (χ2v) is 4.50. The van der Waals surface area contributed by atoms with Gasteiger partial charge in [0.2, 0.25) is 0 Å². The van der Waals surface area contributed by atoms with E-state index in [1.54, 1.807) is 30.3 Å². The molecule has 107 valence electrons. The molecule has 0 aromatic heterocycles. The number of carbonyl (C=O) groups excluding carboxylic acids is 1. The summed E-state index contributed by atoms with van der Waals surface area (Å²) in [5.41, 5.74) is 8.09. The summed E-state index contributed by atoms with van der Waals surface area (Å²) in [5.74, 6) is -0.392. The molecular weight excluding hydrogens is 264 g/mol. The fraction of sp³-hybridized carbons (Fsp3) is 0.125. The molecule has 0 aliphatic carbocycles. The predicted molar refractivity (Wildman–Crippen MR) is 84.6 cm³/mol. The fourth-order valence-electron chi connectivity index (χ4n) is 1.96. The fourth-order valence-corrected chi connectivity index (χ4v) is 1.96. The van der Waals surface area contributed by atoms with E-state index in [9.17, 15) is 4.79 Å². The van der Waals surface area contributed by atoms with Crippen LogP contribution in [0.25, 0.3) is 0 Å². The van der Waals surface area contributed by atoms with Crippen molar-refractivity contribution in [3.63, 3.8) is 0 Å². The first-order valence-corrected chi connectivity index (χ1v) is 6.62. The summed E-state index contributed by atoms with van der Waals surface area (Å²) in [6, 6.07) is 15.5. The molecule has 5 heteroatoms. The molecule has 5 nitrogen and oxygen atoms in total. The van der Waals surface area contributed by atoms with E-state index in [-0.39, 0.29) is 11.9 Å². The van der Waals surface area contributed by atoms with Crippen molar-refractivity contribution in [2.24, 2.45) is 5.73 Å². The molecule has 0 heterocycles. The molecule has 0 spiro atoms. The maximum Gasteiger partial charge on any atom is 0.255 e. The maximum atomic E-state index is 12.3. The van der Waals surface area contributed by atoms with Crippen LogP contribution in [0.1, 0.15) is 22.8 Å². The molecule has 0 aliphatic heterocycles. The average molecular weight is 281 g/mol. The molecule has 1 amide bonds. The molecule has 2 aromatic rings. The molecule has 2 rings (SSSR count). The highest BCUT2D eigenvalue weighted by Crippen LogP contribution is 2.17. The minimum atomic E-state index is -0.223. The summed E-state index contributed by atoms with van der Waals surface area (Å²) in [6.07, 6.45) is 0.818. The molecule has 0 fully saturated rings. The topological polar surface area (TPSA) is 91.0 Å². The lowest BCUT2D eigenvalue weighted by Crippen LogP contribution is -2.21. The number of anilines is 2. The molecule has 0 bridgehead atoms. The average Bonchev–Trinajstić information content (AvgIpc) is 2.47. The van der Waals surface area contributed by atoms with E-state index >= 15 is 0 Å². The van der Waals surface area contributed by atoms with E-state index in [0.717, 1.165) is 12.0 Å². The smallest absolute Gasteiger partial charge is 0.255 e. The van der Waals surface area contributed by atoms with Crippen LogP contribution in [0, 0.1) is 11.5 Å². The van der Waals surface area contributed by atoms with Gasteiger partial charge in [0.05, 0.1) is 5.69 Å². The third-order valence-corrected chi connectivity index (χ3v) is 2.97. The van der Waals surface area contributed by atoms with Crippen LogP contribution >= 0.6 is 0 Å². The standard InChI is InChI=1S/C16H17N4O/c1-2-11-6-3-4-9-14(11)20-15(21)12-7-5-8-13(10-12)19-16(17)18/h3-8,10H,2H2,1H3,(H,20,21)(H4,17,18,19). The van der Waals surface area contributed by atoms with Crippen LogP contribution in [-0.2, 0) is 6.42 Å². The molecule has 0 unspecified atom stereocenters. The number of aryl methyl sites for hydroxylation is 1. The van der Waals surface area contributed by atoms with E-state index in [0.29, 0.717) is 16.9 Å². The van der Waals surface area contributed by atoms with Crippen LogP contribution < -0.4 is 16.4 Å². The number of guanidine groups is 1. The monoisotopic (exact) mass is 281 g/mol. The van der Waals surface area contributed by atoms with Gasteiger partial charge in [0.1, 0.15) is 0 Å². The Morgan fingerprint density at radius 1 is 1.29 bits per heavy atom. The summed E-state index contributed by atoms with van der Waals surface area (Å²) in [5, 5.41) is 12.7. The van der Waals surface area contributed by atoms with Crippen molar-refractivity contribution < 1.29 is 4.79 Å². The van der Waals surface area contributed by atoms with Crippen molar-refractivity contribution in [2.45, 2.75) is 13.3 Å². The number of hydrogen-bond acceptors (Lipinski definition) is 2. The highest BCUT2D eigenvalue weighted by atomic mass is 16.1. The minimum Gasteiger partial charge on any atom is -0.370 e. The number of nitrogens with one attached hydrogen (secondary N) is 3. The summed E-state index contributed by atoms with van der Waals surface area (Å²) in [7, 11) is 0. The Bertz CT molecular complexity index is 667. The van der Waals surface area contributed by atoms with E-state index in [1.165, 1.54) is 0 Å². The van der Waals surface area contributed by atoms with Gasteiger partial charge in [0, 0.05) is 17.3 Å². The zero-order valence-electron chi connectivity index (χ0n) is 11.7. The second kappa shape index (κ2) is 6.56. The summed E-state index contributed by atoms with van der Waals surface area (Å²) >= 11 is 0. The van der Waals surface area contributed by atoms with Crippen LogP contribution in [0.4, 0.5) is 11.4 Å². The second-order valence-electron chi connectivity index (χ2n) is 4.50. The van der Waals surface area contributed by atoms with Crippen molar-refractivity contribution >= 4 is 23.2 Å². The Kier molecular flexibility index (Phi) is 4.56. The van der Waals surface area contributed by atoms with Crippen molar-refractivity contribution in [3.05, 3.63) is 59.7 Å². The van der Waals surface area contributed by atoms with Gasteiger partial charge in [-0.25, -0.2) is 0 Å². The number of rotatable bonds is 4. The number of carbonyl (C=O) groups is 1. The van der Waals surface area contributed by atoms with Crippen molar-refractivity contribution in [2.75, 3.05) is 10.6 Å². The largest absolute Gasteiger partial charge is 0.370 e. The molecule has 2 aromatic carbocycles. The lowest BCUT2D eigenvalue weighted by atomic mass is 10.1. The number of nitrogens with two attached hydrogens (primary N) is 1. The van der Waals surface area contributed by atoms with Crippen LogP contribution in [0.3, 0.4) is 0 Å². The quantitative estimate of drug-likeness (QED) is 0.513. The maximum absolute atomic E-state index is 12.3. The summed E-state index contributed by atoms with van der Waals surface area (Å²) in [6.45, 7) is 2.02. The van der Waals surface area contributed by atoms with Gasteiger partial charge >= 0.3 is 0 Å². The van der Waals surface area contributed by atoms with Crippen LogP contribution in [0.2, 0.25) is 0 Å².